The van der Waals surface area contributed by atoms with Crippen molar-refractivity contribution in [3.63, 3.8) is 0 Å². The second-order valence-corrected chi connectivity index (χ2v) is 3.76. The Morgan fingerprint density at radius 1 is 1.41 bits per heavy atom. The minimum Gasteiger partial charge on any atom is -0.461 e. The summed E-state index contributed by atoms with van der Waals surface area (Å²) >= 11 is 0. The summed E-state index contributed by atoms with van der Waals surface area (Å²) in [6.07, 6.45) is 4.51. The number of hydrogen-bond acceptors (Lipinski definition) is 3. The number of ether oxygens (including phenoxy) is 1. The van der Waals surface area contributed by atoms with Gasteiger partial charge in [0.25, 0.3) is 0 Å². The van der Waals surface area contributed by atoms with E-state index >= 15 is 0 Å². The molecule has 0 saturated carbocycles. The quantitative estimate of drug-likeness (QED) is 0.760. The van der Waals surface area contributed by atoms with Crippen molar-refractivity contribution in [2.75, 3.05) is 6.61 Å². The van der Waals surface area contributed by atoms with Crippen LogP contribution < -0.4 is 0 Å². The Hall–Kier alpha value is -1.78. The molecule has 0 aromatic carbocycles. The summed E-state index contributed by atoms with van der Waals surface area (Å²) in [5.74, 6) is -0.324. The third-order valence-corrected chi connectivity index (χ3v) is 2.78. The number of carbonyl (C=O) groups is 1. The number of carbonyl (C=O) groups excluding carboxylic acids is 1. The van der Waals surface area contributed by atoms with E-state index in [0.29, 0.717) is 12.3 Å². The van der Waals surface area contributed by atoms with Gasteiger partial charge >= 0.3 is 5.97 Å². The minimum atomic E-state index is -0.324. The van der Waals surface area contributed by atoms with Crippen LogP contribution >= 0.6 is 0 Å². The highest BCUT2D eigenvalue weighted by atomic mass is 16.5. The molecule has 5 heteroatoms. The van der Waals surface area contributed by atoms with Crippen molar-refractivity contribution in [2.24, 2.45) is 0 Å². The molecule has 0 aliphatic carbocycles. The Morgan fingerprint density at radius 2 is 2.18 bits per heavy atom. The van der Waals surface area contributed by atoms with E-state index in [1.165, 1.54) is 0 Å². The molecule has 2 heterocycles. The summed E-state index contributed by atoms with van der Waals surface area (Å²) < 4.78 is 8.83. The molecule has 5 nitrogen and oxygen atoms in total. The standard InChI is InChI=1S/C12H17N3O2/c1-4-9-8-14(5-2)15-10(7-13-11(9)15)12(16)17-6-3/h7-8H,4-6H2,1-3H3. The van der Waals surface area contributed by atoms with E-state index in [9.17, 15) is 4.79 Å². The zero-order valence-corrected chi connectivity index (χ0v) is 10.4. The van der Waals surface area contributed by atoms with E-state index in [1.54, 1.807) is 13.1 Å². The van der Waals surface area contributed by atoms with Crippen LogP contribution in [0.1, 0.15) is 36.8 Å². The van der Waals surface area contributed by atoms with E-state index < -0.39 is 0 Å². The number of hydrogen-bond donors (Lipinski definition) is 0. The second kappa shape index (κ2) is 4.61. The molecule has 0 saturated heterocycles. The van der Waals surface area contributed by atoms with Crippen LogP contribution in [-0.2, 0) is 17.7 Å². The Balaban J connectivity index is 2.58. The van der Waals surface area contributed by atoms with Gasteiger partial charge in [-0.3, -0.25) is 4.68 Å². The Labute approximate surface area is 100.0 Å². The summed E-state index contributed by atoms with van der Waals surface area (Å²) in [5, 5.41) is 0. The largest absolute Gasteiger partial charge is 0.461 e. The highest BCUT2D eigenvalue weighted by molar-refractivity contribution is 5.88. The molecule has 2 aromatic heterocycles. The van der Waals surface area contributed by atoms with E-state index in [0.717, 1.165) is 24.2 Å². The molecule has 0 fully saturated rings. The Kier molecular flexibility index (Phi) is 3.17. The number of nitrogens with zero attached hydrogens (tertiary/aromatic N) is 3. The average molecular weight is 235 g/mol. The number of imidazole rings is 1. The lowest BCUT2D eigenvalue weighted by molar-refractivity contribution is 0.0515. The van der Waals surface area contributed by atoms with Gasteiger partial charge in [-0.05, 0) is 20.3 Å². The minimum absolute atomic E-state index is 0.324. The molecular formula is C12H17N3O2. The van der Waals surface area contributed by atoms with E-state index in [-0.39, 0.29) is 5.97 Å². The monoisotopic (exact) mass is 235 g/mol. The third-order valence-electron chi connectivity index (χ3n) is 2.78. The number of rotatable bonds is 4. The molecule has 17 heavy (non-hydrogen) atoms. The van der Waals surface area contributed by atoms with Gasteiger partial charge in [-0.25, -0.2) is 14.3 Å². The van der Waals surface area contributed by atoms with Crippen molar-refractivity contribution in [1.29, 1.82) is 0 Å². The molecule has 0 spiro atoms. The highest BCUT2D eigenvalue weighted by Crippen LogP contribution is 2.15. The lowest BCUT2D eigenvalue weighted by Gasteiger charge is -2.04. The first kappa shape index (κ1) is 11.7. The molecule has 0 aliphatic heterocycles. The second-order valence-electron chi connectivity index (χ2n) is 3.76. The molecule has 92 valence electrons. The van der Waals surface area contributed by atoms with Crippen LogP contribution in [0.25, 0.3) is 5.65 Å². The maximum absolute atomic E-state index is 11.8. The van der Waals surface area contributed by atoms with Gasteiger partial charge < -0.3 is 4.74 Å². The van der Waals surface area contributed by atoms with Crippen LogP contribution in [-0.4, -0.2) is 26.8 Å². The number of aryl methyl sites for hydroxylation is 2. The maximum atomic E-state index is 11.8. The smallest absolute Gasteiger partial charge is 0.358 e. The number of esters is 1. The predicted octanol–water partition coefficient (Wildman–Crippen LogP) is 1.89. The van der Waals surface area contributed by atoms with Crippen LogP contribution in [0.4, 0.5) is 0 Å². The zero-order chi connectivity index (χ0) is 12.4. The van der Waals surface area contributed by atoms with E-state index in [2.05, 4.69) is 11.9 Å². The van der Waals surface area contributed by atoms with Crippen LogP contribution in [0.5, 0.6) is 0 Å². The van der Waals surface area contributed by atoms with E-state index in [1.807, 2.05) is 22.3 Å². The fourth-order valence-electron chi connectivity index (χ4n) is 1.95. The Morgan fingerprint density at radius 3 is 2.76 bits per heavy atom. The first-order valence-electron chi connectivity index (χ1n) is 5.95. The molecule has 0 atom stereocenters. The lowest BCUT2D eigenvalue weighted by atomic mass is 10.3. The maximum Gasteiger partial charge on any atom is 0.358 e. The summed E-state index contributed by atoms with van der Waals surface area (Å²) in [5.41, 5.74) is 2.48. The Bertz CT molecular complexity index is 539. The SMILES string of the molecule is CCOC(=O)c1cnc2c(CC)cn(CC)n12. The van der Waals surface area contributed by atoms with E-state index in [4.69, 9.17) is 4.74 Å². The van der Waals surface area contributed by atoms with Crippen LogP contribution in [0, 0.1) is 0 Å². The van der Waals surface area contributed by atoms with Gasteiger partial charge in [-0.15, -0.1) is 0 Å². The van der Waals surface area contributed by atoms with Crippen molar-refractivity contribution in [3.8, 4) is 0 Å². The molecule has 0 unspecified atom stereocenters. The van der Waals surface area contributed by atoms with Crippen LogP contribution in [0.2, 0.25) is 0 Å². The van der Waals surface area contributed by atoms with Crippen molar-refractivity contribution < 1.29 is 9.53 Å². The third kappa shape index (κ3) is 1.81. The van der Waals surface area contributed by atoms with Gasteiger partial charge in [-0.1, -0.05) is 6.92 Å². The van der Waals surface area contributed by atoms with Gasteiger partial charge in [0.05, 0.1) is 12.8 Å². The molecular weight excluding hydrogens is 218 g/mol. The van der Waals surface area contributed by atoms with Crippen molar-refractivity contribution in [3.05, 3.63) is 23.7 Å². The van der Waals surface area contributed by atoms with Crippen LogP contribution in [0.3, 0.4) is 0 Å². The molecule has 0 aliphatic rings. The topological polar surface area (TPSA) is 48.5 Å². The van der Waals surface area contributed by atoms with Gasteiger partial charge in [0.2, 0.25) is 0 Å². The molecule has 2 aromatic rings. The summed E-state index contributed by atoms with van der Waals surface area (Å²) in [7, 11) is 0. The first-order valence-corrected chi connectivity index (χ1v) is 5.95. The average Bonchev–Trinajstić information content (AvgIpc) is 2.88. The fourth-order valence-corrected chi connectivity index (χ4v) is 1.95. The van der Waals surface area contributed by atoms with Gasteiger partial charge in [0.15, 0.2) is 11.3 Å². The van der Waals surface area contributed by atoms with Crippen molar-refractivity contribution in [2.45, 2.75) is 33.7 Å². The van der Waals surface area contributed by atoms with Gasteiger partial charge in [0, 0.05) is 18.3 Å². The molecule has 0 N–H and O–H groups in total. The van der Waals surface area contributed by atoms with Crippen molar-refractivity contribution >= 4 is 11.6 Å². The summed E-state index contributed by atoms with van der Waals surface area (Å²) in [4.78, 5) is 16.1. The number of aromatic nitrogens is 3. The molecule has 0 amide bonds. The fraction of sp³-hybridized carbons (Fsp3) is 0.500. The molecule has 2 rings (SSSR count). The normalized spacial score (nSPS) is 11.0. The van der Waals surface area contributed by atoms with Crippen LogP contribution in [0.15, 0.2) is 12.4 Å². The predicted molar refractivity (Wildman–Crippen MR) is 64.2 cm³/mol. The zero-order valence-electron chi connectivity index (χ0n) is 10.4. The highest BCUT2D eigenvalue weighted by Gasteiger charge is 2.18. The summed E-state index contributed by atoms with van der Waals surface area (Å²) in [6, 6.07) is 0. The molecule has 0 radical (unpaired) electrons. The van der Waals surface area contributed by atoms with Gasteiger partial charge in [0.1, 0.15) is 0 Å². The lowest BCUT2D eigenvalue weighted by Crippen LogP contribution is -2.12. The van der Waals surface area contributed by atoms with Gasteiger partial charge in [-0.2, -0.15) is 0 Å². The summed E-state index contributed by atoms with van der Waals surface area (Å²) in [6.45, 7) is 7.08. The van der Waals surface area contributed by atoms with Crippen molar-refractivity contribution in [1.82, 2.24) is 14.2 Å². The molecule has 0 bridgehead atoms. The first-order chi connectivity index (χ1) is 8.22. The number of fused-ring (bicyclic) bond motifs is 1.